The van der Waals surface area contributed by atoms with Crippen LogP contribution in [0.15, 0.2) is 41.4 Å². The first kappa shape index (κ1) is 13.4. The maximum atomic E-state index is 12.0. The number of anilines is 2. The van der Waals surface area contributed by atoms with E-state index in [4.69, 9.17) is 5.73 Å². The molecule has 0 unspecified atom stereocenters. The Kier molecular flexibility index (Phi) is 4.06. The van der Waals surface area contributed by atoms with Crippen LogP contribution in [0.2, 0.25) is 0 Å². The fraction of sp³-hybridized carbons (Fsp3) is 0.143. The van der Waals surface area contributed by atoms with Crippen LogP contribution in [0.5, 0.6) is 0 Å². The van der Waals surface area contributed by atoms with Crippen molar-refractivity contribution >= 4 is 29.2 Å². The van der Waals surface area contributed by atoms with Crippen LogP contribution in [0.4, 0.5) is 11.5 Å². The molecule has 2 rings (SSSR count). The van der Waals surface area contributed by atoms with Crippen LogP contribution in [-0.4, -0.2) is 17.1 Å². The average molecular weight is 273 g/mol. The third-order valence-corrected chi connectivity index (χ3v) is 3.49. The molecule has 1 aromatic carbocycles. The number of nitrogens with one attached hydrogen (secondary N) is 1. The molecule has 4 nitrogen and oxygen atoms in total. The monoisotopic (exact) mass is 273 g/mol. The molecule has 0 aliphatic heterocycles. The summed E-state index contributed by atoms with van der Waals surface area (Å²) in [5.41, 5.74) is 7.80. The third kappa shape index (κ3) is 3.26. The summed E-state index contributed by atoms with van der Waals surface area (Å²) >= 11 is 1.64. The third-order valence-electron chi connectivity index (χ3n) is 2.75. The Morgan fingerprint density at radius 3 is 2.58 bits per heavy atom. The first-order valence-corrected chi connectivity index (χ1v) is 7.00. The molecule has 0 radical (unpaired) electrons. The summed E-state index contributed by atoms with van der Waals surface area (Å²) in [6.45, 7) is 1.87. The van der Waals surface area contributed by atoms with Gasteiger partial charge in [-0.05, 0) is 49.1 Å². The number of amides is 1. The molecule has 0 atom stereocenters. The molecule has 1 aromatic heterocycles. The van der Waals surface area contributed by atoms with Gasteiger partial charge in [-0.25, -0.2) is 4.98 Å². The number of hydrogen-bond acceptors (Lipinski definition) is 4. The van der Waals surface area contributed by atoms with E-state index < -0.39 is 0 Å². The summed E-state index contributed by atoms with van der Waals surface area (Å²) in [5, 5.41) is 2.75. The Balaban J connectivity index is 2.13. The van der Waals surface area contributed by atoms with Crippen molar-refractivity contribution in [2.45, 2.75) is 11.8 Å². The maximum absolute atomic E-state index is 12.0. The highest BCUT2D eigenvalue weighted by molar-refractivity contribution is 7.98. The van der Waals surface area contributed by atoms with Crippen molar-refractivity contribution in [2.24, 2.45) is 0 Å². The SMILES string of the molecule is CSc1ccc(C(=O)Nc2cc(C)c(N)cn2)cc1. The smallest absolute Gasteiger partial charge is 0.256 e. The molecular weight excluding hydrogens is 258 g/mol. The van der Waals surface area contributed by atoms with Crippen molar-refractivity contribution in [1.29, 1.82) is 0 Å². The zero-order chi connectivity index (χ0) is 13.8. The lowest BCUT2D eigenvalue weighted by Crippen LogP contribution is -2.13. The van der Waals surface area contributed by atoms with Gasteiger partial charge in [0, 0.05) is 10.5 Å². The molecule has 3 N–H and O–H groups in total. The highest BCUT2D eigenvalue weighted by atomic mass is 32.2. The molecule has 1 amide bonds. The van der Waals surface area contributed by atoms with E-state index in [2.05, 4.69) is 10.3 Å². The van der Waals surface area contributed by atoms with E-state index in [1.165, 1.54) is 0 Å². The lowest BCUT2D eigenvalue weighted by Gasteiger charge is -2.07. The van der Waals surface area contributed by atoms with Gasteiger partial charge in [-0.15, -0.1) is 11.8 Å². The fourth-order valence-corrected chi connectivity index (χ4v) is 1.97. The number of aryl methyl sites for hydroxylation is 1. The number of nitrogens with zero attached hydrogens (tertiary/aromatic N) is 1. The van der Waals surface area contributed by atoms with E-state index in [1.54, 1.807) is 36.2 Å². The van der Waals surface area contributed by atoms with E-state index in [-0.39, 0.29) is 5.91 Å². The Morgan fingerprint density at radius 2 is 2.00 bits per heavy atom. The number of nitrogens with two attached hydrogens (primary N) is 1. The molecule has 0 saturated heterocycles. The van der Waals surface area contributed by atoms with E-state index in [9.17, 15) is 4.79 Å². The summed E-state index contributed by atoms with van der Waals surface area (Å²) in [5.74, 6) is 0.329. The fourth-order valence-electron chi connectivity index (χ4n) is 1.57. The van der Waals surface area contributed by atoms with Crippen molar-refractivity contribution in [2.75, 3.05) is 17.3 Å². The van der Waals surface area contributed by atoms with Crippen LogP contribution < -0.4 is 11.1 Å². The number of carbonyl (C=O) groups excluding carboxylic acids is 1. The summed E-state index contributed by atoms with van der Waals surface area (Å²) in [6.07, 6.45) is 3.54. The summed E-state index contributed by atoms with van der Waals surface area (Å²) in [4.78, 5) is 17.2. The van der Waals surface area contributed by atoms with E-state index in [0.29, 0.717) is 17.1 Å². The number of nitrogen functional groups attached to an aromatic ring is 1. The molecular formula is C14H15N3OS. The number of rotatable bonds is 3. The molecule has 0 aliphatic rings. The highest BCUT2D eigenvalue weighted by Crippen LogP contribution is 2.17. The Labute approximate surface area is 116 Å². The maximum Gasteiger partial charge on any atom is 0.256 e. The number of benzene rings is 1. The lowest BCUT2D eigenvalue weighted by atomic mass is 10.2. The topological polar surface area (TPSA) is 68.0 Å². The molecule has 98 valence electrons. The summed E-state index contributed by atoms with van der Waals surface area (Å²) in [6, 6.07) is 9.18. The van der Waals surface area contributed by atoms with Gasteiger partial charge in [0.25, 0.3) is 5.91 Å². The summed E-state index contributed by atoms with van der Waals surface area (Å²) in [7, 11) is 0. The minimum atomic E-state index is -0.177. The minimum Gasteiger partial charge on any atom is -0.397 e. The molecule has 0 spiro atoms. The zero-order valence-corrected chi connectivity index (χ0v) is 11.6. The van der Waals surface area contributed by atoms with Crippen molar-refractivity contribution in [3.05, 3.63) is 47.7 Å². The van der Waals surface area contributed by atoms with Gasteiger partial charge in [-0.3, -0.25) is 4.79 Å². The molecule has 2 aromatic rings. The Bertz CT molecular complexity index is 596. The van der Waals surface area contributed by atoms with Gasteiger partial charge in [0.05, 0.1) is 11.9 Å². The van der Waals surface area contributed by atoms with Gasteiger partial charge < -0.3 is 11.1 Å². The second-order valence-corrected chi connectivity index (χ2v) is 4.99. The molecule has 5 heteroatoms. The first-order valence-electron chi connectivity index (χ1n) is 5.77. The van der Waals surface area contributed by atoms with Crippen LogP contribution in [0.25, 0.3) is 0 Å². The second-order valence-electron chi connectivity index (χ2n) is 4.11. The number of carbonyl (C=O) groups is 1. The van der Waals surface area contributed by atoms with Crippen molar-refractivity contribution in [1.82, 2.24) is 4.98 Å². The Morgan fingerprint density at radius 1 is 1.32 bits per heavy atom. The minimum absolute atomic E-state index is 0.177. The number of pyridine rings is 1. The van der Waals surface area contributed by atoms with E-state index >= 15 is 0 Å². The lowest BCUT2D eigenvalue weighted by molar-refractivity contribution is 0.102. The van der Waals surface area contributed by atoms with Crippen LogP contribution >= 0.6 is 11.8 Å². The largest absolute Gasteiger partial charge is 0.397 e. The van der Waals surface area contributed by atoms with Gasteiger partial charge >= 0.3 is 0 Å². The van der Waals surface area contributed by atoms with Crippen molar-refractivity contribution in [3.8, 4) is 0 Å². The van der Waals surface area contributed by atoms with Crippen LogP contribution in [0.3, 0.4) is 0 Å². The number of hydrogen-bond donors (Lipinski definition) is 2. The molecule has 0 bridgehead atoms. The van der Waals surface area contributed by atoms with Gasteiger partial charge in [-0.2, -0.15) is 0 Å². The molecule has 0 aliphatic carbocycles. The zero-order valence-electron chi connectivity index (χ0n) is 10.8. The van der Waals surface area contributed by atoms with Crippen LogP contribution in [-0.2, 0) is 0 Å². The van der Waals surface area contributed by atoms with Crippen LogP contribution in [0, 0.1) is 6.92 Å². The molecule has 0 fully saturated rings. The standard InChI is InChI=1S/C14H15N3OS/c1-9-7-13(16-8-12(9)15)17-14(18)10-3-5-11(19-2)6-4-10/h3-8H,15H2,1-2H3,(H,16,17,18). The number of aromatic nitrogens is 1. The molecule has 1 heterocycles. The highest BCUT2D eigenvalue weighted by Gasteiger charge is 2.07. The van der Waals surface area contributed by atoms with Gasteiger partial charge in [0.2, 0.25) is 0 Å². The second kappa shape index (κ2) is 5.75. The van der Waals surface area contributed by atoms with Crippen LogP contribution in [0.1, 0.15) is 15.9 Å². The van der Waals surface area contributed by atoms with E-state index in [0.717, 1.165) is 10.5 Å². The average Bonchev–Trinajstić information content (AvgIpc) is 2.43. The van der Waals surface area contributed by atoms with Gasteiger partial charge in [0.15, 0.2) is 0 Å². The summed E-state index contributed by atoms with van der Waals surface area (Å²) < 4.78 is 0. The predicted octanol–water partition coefficient (Wildman–Crippen LogP) is 2.95. The normalized spacial score (nSPS) is 10.2. The van der Waals surface area contributed by atoms with E-state index in [1.807, 2.05) is 25.3 Å². The van der Waals surface area contributed by atoms with Crippen molar-refractivity contribution in [3.63, 3.8) is 0 Å². The predicted molar refractivity (Wildman–Crippen MR) is 79.6 cm³/mol. The van der Waals surface area contributed by atoms with Gasteiger partial charge in [0.1, 0.15) is 5.82 Å². The van der Waals surface area contributed by atoms with Crippen molar-refractivity contribution < 1.29 is 4.79 Å². The quantitative estimate of drug-likeness (QED) is 0.844. The molecule has 19 heavy (non-hydrogen) atoms. The molecule has 0 saturated carbocycles. The number of thioether (sulfide) groups is 1. The van der Waals surface area contributed by atoms with Gasteiger partial charge in [-0.1, -0.05) is 0 Å². The Hall–Kier alpha value is -2.01. The first-order chi connectivity index (χ1) is 9.10.